The van der Waals surface area contributed by atoms with Crippen LogP contribution in [0, 0.1) is 6.92 Å². The molecular formula is C19H21NO6S. The topological polar surface area (TPSA) is 103 Å². The lowest BCUT2D eigenvalue weighted by Gasteiger charge is -2.11. The van der Waals surface area contributed by atoms with Gasteiger partial charge in [0.2, 0.25) is 0 Å². The molecule has 1 unspecified atom stereocenters. The fourth-order valence-corrected chi connectivity index (χ4v) is 3.85. The van der Waals surface area contributed by atoms with Crippen LogP contribution in [-0.4, -0.2) is 27.2 Å². The van der Waals surface area contributed by atoms with Crippen molar-refractivity contribution in [1.29, 1.82) is 0 Å². The van der Waals surface area contributed by atoms with Crippen molar-refractivity contribution in [2.24, 2.45) is 0 Å². The molecule has 7 nitrogen and oxygen atoms in total. The van der Waals surface area contributed by atoms with Crippen LogP contribution in [0.3, 0.4) is 0 Å². The van der Waals surface area contributed by atoms with Crippen molar-refractivity contribution in [2.45, 2.75) is 31.6 Å². The molecule has 1 N–H and O–H groups in total. The van der Waals surface area contributed by atoms with Gasteiger partial charge in [0.15, 0.2) is 9.84 Å². The highest BCUT2D eigenvalue weighted by Gasteiger charge is 2.24. The summed E-state index contributed by atoms with van der Waals surface area (Å²) < 4.78 is 33.5. The minimum Gasteiger partial charge on any atom is -0.424 e. The van der Waals surface area contributed by atoms with Crippen LogP contribution in [-0.2, 0) is 20.3 Å². The number of anilines is 1. The van der Waals surface area contributed by atoms with Gasteiger partial charge in [0.25, 0.3) is 5.91 Å². The monoisotopic (exact) mass is 391 g/mol. The first-order chi connectivity index (χ1) is 12.7. The lowest BCUT2D eigenvalue weighted by atomic mass is 10.1. The average Bonchev–Trinajstić information content (AvgIpc) is 3.09. The van der Waals surface area contributed by atoms with Gasteiger partial charge < -0.3 is 14.5 Å². The number of sulfone groups is 1. The van der Waals surface area contributed by atoms with Crippen molar-refractivity contribution in [3.05, 3.63) is 63.2 Å². The molecule has 0 bridgehead atoms. The summed E-state index contributed by atoms with van der Waals surface area (Å²) in [4.78, 5) is 24.8. The Labute approximate surface area is 157 Å². The average molecular weight is 391 g/mol. The number of amides is 1. The molecular weight excluding hydrogens is 370 g/mol. The van der Waals surface area contributed by atoms with Crippen molar-refractivity contribution in [3.8, 4) is 0 Å². The van der Waals surface area contributed by atoms with Gasteiger partial charge in [-0.25, -0.2) is 13.2 Å². The second-order valence-corrected chi connectivity index (χ2v) is 8.86. The van der Waals surface area contributed by atoms with Crippen LogP contribution in [0.15, 0.2) is 39.5 Å². The third kappa shape index (κ3) is 4.84. The number of benzene rings is 1. The van der Waals surface area contributed by atoms with E-state index in [1.807, 2.05) is 0 Å². The lowest BCUT2D eigenvalue weighted by Crippen LogP contribution is -2.23. The molecule has 1 aliphatic heterocycles. The van der Waals surface area contributed by atoms with E-state index in [2.05, 4.69) is 5.32 Å². The second-order valence-electron chi connectivity index (χ2n) is 6.72. The van der Waals surface area contributed by atoms with E-state index in [4.69, 9.17) is 9.15 Å². The van der Waals surface area contributed by atoms with E-state index in [1.165, 1.54) is 0 Å². The number of carbonyl (C=O) groups excluding carboxylic acids is 1. The molecule has 2 aromatic rings. The number of hydrogen-bond acceptors (Lipinski definition) is 6. The number of carbonyl (C=O) groups is 1. The Kier molecular flexibility index (Phi) is 5.48. The molecule has 2 heterocycles. The number of ether oxygens (including phenoxy) is 1. The molecule has 0 saturated carbocycles. The maximum absolute atomic E-state index is 12.5. The third-order valence-corrected chi connectivity index (χ3v) is 5.14. The van der Waals surface area contributed by atoms with Crippen LogP contribution in [0.1, 0.15) is 46.2 Å². The van der Waals surface area contributed by atoms with Crippen LogP contribution in [0.2, 0.25) is 0 Å². The van der Waals surface area contributed by atoms with E-state index in [0.717, 1.165) is 19.1 Å². The molecule has 1 saturated heterocycles. The van der Waals surface area contributed by atoms with Crippen molar-refractivity contribution in [3.63, 3.8) is 0 Å². The van der Waals surface area contributed by atoms with E-state index in [1.54, 1.807) is 37.3 Å². The highest BCUT2D eigenvalue weighted by atomic mass is 32.2. The van der Waals surface area contributed by atoms with Gasteiger partial charge in [-0.1, -0.05) is 12.1 Å². The predicted molar refractivity (Wildman–Crippen MR) is 101 cm³/mol. The Bertz CT molecular complexity index is 1000. The Balaban J connectivity index is 1.77. The number of rotatable bonds is 5. The quantitative estimate of drug-likeness (QED) is 0.840. The Hall–Kier alpha value is -2.45. The smallest absolute Gasteiger partial charge is 0.349 e. The molecule has 27 heavy (non-hydrogen) atoms. The van der Waals surface area contributed by atoms with Crippen molar-refractivity contribution >= 4 is 21.4 Å². The lowest BCUT2D eigenvalue weighted by molar-refractivity contribution is 0.0895. The zero-order chi connectivity index (χ0) is 19.6. The SMILES string of the molecule is Cc1cc(C2CCCO2)oc(=O)c1C(=O)Nc1ccc(CS(C)(=O)=O)cc1. The minimum absolute atomic E-state index is 0.0584. The number of hydrogen-bond donors (Lipinski definition) is 1. The first-order valence-corrected chi connectivity index (χ1v) is 10.6. The zero-order valence-electron chi connectivity index (χ0n) is 15.2. The molecule has 1 fully saturated rings. The largest absolute Gasteiger partial charge is 0.424 e. The van der Waals surface area contributed by atoms with E-state index in [0.29, 0.717) is 29.2 Å². The Morgan fingerprint density at radius 2 is 1.96 bits per heavy atom. The molecule has 1 atom stereocenters. The van der Waals surface area contributed by atoms with Crippen LogP contribution < -0.4 is 10.9 Å². The first-order valence-electron chi connectivity index (χ1n) is 8.57. The summed E-state index contributed by atoms with van der Waals surface area (Å²) in [6, 6.07) is 8.09. The molecule has 3 rings (SSSR count). The molecule has 144 valence electrons. The van der Waals surface area contributed by atoms with Crippen LogP contribution >= 0.6 is 0 Å². The molecule has 0 aliphatic carbocycles. The van der Waals surface area contributed by atoms with Crippen molar-refractivity contribution in [2.75, 3.05) is 18.2 Å². The van der Waals surface area contributed by atoms with Gasteiger partial charge in [-0.15, -0.1) is 0 Å². The van der Waals surface area contributed by atoms with Crippen molar-refractivity contribution in [1.82, 2.24) is 0 Å². The normalized spacial score (nSPS) is 17.0. The van der Waals surface area contributed by atoms with Gasteiger partial charge in [-0.05, 0) is 49.1 Å². The number of nitrogens with one attached hydrogen (secondary N) is 1. The summed E-state index contributed by atoms with van der Waals surface area (Å²) in [5, 5.41) is 2.64. The summed E-state index contributed by atoms with van der Waals surface area (Å²) in [6.45, 7) is 2.31. The standard InChI is InChI=1S/C19H21NO6S/c1-12-10-16(15-4-3-9-25-15)26-19(22)17(12)18(21)20-14-7-5-13(6-8-14)11-27(2,23)24/h5-8,10,15H,3-4,9,11H2,1-2H3,(H,20,21). The zero-order valence-corrected chi connectivity index (χ0v) is 16.0. The van der Waals surface area contributed by atoms with Gasteiger partial charge in [-0.3, -0.25) is 4.79 Å². The maximum Gasteiger partial charge on any atom is 0.349 e. The Morgan fingerprint density at radius 1 is 1.26 bits per heavy atom. The summed E-state index contributed by atoms with van der Waals surface area (Å²) in [7, 11) is -3.13. The third-order valence-electron chi connectivity index (χ3n) is 4.28. The fraction of sp³-hybridized carbons (Fsp3) is 0.368. The summed E-state index contributed by atoms with van der Waals surface area (Å²) in [5.74, 6) is -0.207. The molecule has 1 aliphatic rings. The van der Waals surface area contributed by atoms with Crippen LogP contribution in [0.25, 0.3) is 0 Å². The Morgan fingerprint density at radius 3 is 2.52 bits per heavy atom. The van der Waals surface area contributed by atoms with Crippen LogP contribution in [0.5, 0.6) is 0 Å². The van der Waals surface area contributed by atoms with E-state index < -0.39 is 21.4 Å². The van der Waals surface area contributed by atoms with Gasteiger partial charge in [-0.2, -0.15) is 0 Å². The fourth-order valence-electron chi connectivity index (χ4n) is 3.05. The van der Waals surface area contributed by atoms with Crippen molar-refractivity contribution < 1.29 is 22.4 Å². The molecule has 0 spiro atoms. The summed E-state index contributed by atoms with van der Waals surface area (Å²) >= 11 is 0. The highest BCUT2D eigenvalue weighted by Crippen LogP contribution is 2.28. The van der Waals surface area contributed by atoms with E-state index in [-0.39, 0.29) is 17.4 Å². The molecule has 1 aromatic heterocycles. The maximum atomic E-state index is 12.5. The van der Waals surface area contributed by atoms with E-state index in [9.17, 15) is 18.0 Å². The van der Waals surface area contributed by atoms with Gasteiger partial charge in [0, 0.05) is 18.6 Å². The minimum atomic E-state index is -3.13. The number of aryl methyl sites for hydroxylation is 1. The summed E-state index contributed by atoms with van der Waals surface area (Å²) in [6.07, 6.45) is 2.61. The first kappa shape index (κ1) is 19.3. The highest BCUT2D eigenvalue weighted by molar-refractivity contribution is 7.89. The molecule has 8 heteroatoms. The molecule has 0 radical (unpaired) electrons. The molecule has 1 aromatic carbocycles. The second kappa shape index (κ2) is 7.66. The van der Waals surface area contributed by atoms with E-state index >= 15 is 0 Å². The van der Waals surface area contributed by atoms with Gasteiger partial charge >= 0.3 is 5.63 Å². The molecule has 1 amide bonds. The summed E-state index contributed by atoms with van der Waals surface area (Å²) in [5.41, 5.74) is 0.831. The van der Waals surface area contributed by atoms with Gasteiger partial charge in [0.1, 0.15) is 17.4 Å². The van der Waals surface area contributed by atoms with Gasteiger partial charge in [0.05, 0.1) is 5.75 Å². The van der Waals surface area contributed by atoms with Crippen LogP contribution in [0.4, 0.5) is 5.69 Å². The predicted octanol–water partition coefficient (Wildman–Crippen LogP) is 2.60.